The molecule has 17 heavy (non-hydrogen) atoms. The number of ether oxygens (including phenoxy) is 1. The average Bonchev–Trinajstić information content (AvgIpc) is 2.77. The fourth-order valence-corrected chi connectivity index (χ4v) is 3.39. The zero-order valence-electron chi connectivity index (χ0n) is 10.9. The zero-order valence-corrected chi connectivity index (χ0v) is 11.7. The van der Waals surface area contributed by atoms with Crippen LogP contribution < -0.4 is 5.32 Å². The third kappa shape index (κ3) is 3.07. The Morgan fingerprint density at radius 2 is 2.41 bits per heavy atom. The molecule has 4 heteroatoms. The summed E-state index contributed by atoms with van der Waals surface area (Å²) in [6.45, 7) is 8.42. The molecule has 0 amide bonds. The van der Waals surface area contributed by atoms with Crippen molar-refractivity contribution in [3.05, 3.63) is 21.9 Å². The highest BCUT2D eigenvalue weighted by Gasteiger charge is 2.28. The molecule has 0 radical (unpaired) electrons. The molecular formula is C13H22N2OS. The predicted molar refractivity (Wildman–Crippen MR) is 72.7 cm³/mol. The highest BCUT2D eigenvalue weighted by Crippen LogP contribution is 2.27. The Morgan fingerprint density at radius 1 is 1.59 bits per heavy atom. The molecule has 1 aromatic rings. The third-order valence-electron chi connectivity index (χ3n) is 3.38. The van der Waals surface area contributed by atoms with Crippen molar-refractivity contribution in [1.29, 1.82) is 0 Å². The van der Waals surface area contributed by atoms with Crippen LogP contribution in [0.2, 0.25) is 0 Å². The molecule has 1 aliphatic rings. The first-order valence-corrected chi connectivity index (χ1v) is 7.13. The van der Waals surface area contributed by atoms with Gasteiger partial charge in [0, 0.05) is 22.8 Å². The van der Waals surface area contributed by atoms with Crippen LogP contribution >= 0.6 is 11.3 Å². The summed E-state index contributed by atoms with van der Waals surface area (Å²) < 4.78 is 5.93. The van der Waals surface area contributed by atoms with Crippen LogP contribution in [0.3, 0.4) is 0 Å². The van der Waals surface area contributed by atoms with E-state index in [9.17, 15) is 0 Å². The summed E-state index contributed by atoms with van der Waals surface area (Å²) in [5.41, 5.74) is 0. The van der Waals surface area contributed by atoms with Crippen molar-refractivity contribution in [2.24, 2.45) is 0 Å². The summed E-state index contributed by atoms with van der Waals surface area (Å²) in [4.78, 5) is 5.20. The monoisotopic (exact) mass is 254 g/mol. The second kappa shape index (κ2) is 5.96. The van der Waals surface area contributed by atoms with E-state index in [1.54, 1.807) is 0 Å². The van der Waals surface area contributed by atoms with Gasteiger partial charge in [0.05, 0.1) is 18.8 Å². The lowest BCUT2D eigenvalue weighted by Crippen LogP contribution is -2.47. The Morgan fingerprint density at radius 3 is 3.00 bits per heavy atom. The van der Waals surface area contributed by atoms with Gasteiger partial charge in [-0.2, -0.15) is 0 Å². The number of nitrogens with one attached hydrogen (secondary N) is 1. The highest BCUT2D eigenvalue weighted by atomic mass is 32.1. The Kier molecular flexibility index (Phi) is 4.56. The van der Waals surface area contributed by atoms with E-state index in [4.69, 9.17) is 4.74 Å². The molecule has 1 aliphatic heterocycles. The van der Waals surface area contributed by atoms with Crippen LogP contribution in [0.4, 0.5) is 0 Å². The van der Waals surface area contributed by atoms with E-state index in [1.165, 1.54) is 9.75 Å². The van der Waals surface area contributed by atoms with Gasteiger partial charge >= 0.3 is 0 Å². The van der Waals surface area contributed by atoms with Crippen LogP contribution in [0.15, 0.2) is 12.1 Å². The van der Waals surface area contributed by atoms with Gasteiger partial charge in [0.1, 0.15) is 0 Å². The quantitative estimate of drug-likeness (QED) is 0.890. The molecule has 2 atom stereocenters. The van der Waals surface area contributed by atoms with Crippen LogP contribution in [0, 0.1) is 6.92 Å². The second-order valence-corrected chi connectivity index (χ2v) is 5.84. The Hall–Kier alpha value is -0.420. The highest BCUT2D eigenvalue weighted by molar-refractivity contribution is 7.12. The number of nitrogens with zero attached hydrogens (tertiary/aromatic N) is 1. The molecule has 1 saturated heterocycles. The largest absolute Gasteiger partial charge is 0.374 e. The van der Waals surface area contributed by atoms with Crippen molar-refractivity contribution in [2.75, 3.05) is 33.3 Å². The van der Waals surface area contributed by atoms with Crippen molar-refractivity contribution < 1.29 is 4.74 Å². The van der Waals surface area contributed by atoms with Crippen molar-refractivity contribution in [3.8, 4) is 0 Å². The van der Waals surface area contributed by atoms with Crippen LogP contribution in [-0.4, -0.2) is 44.3 Å². The molecule has 0 saturated carbocycles. The lowest BCUT2D eigenvalue weighted by atomic mass is 10.1. The molecule has 1 fully saturated rings. The van der Waals surface area contributed by atoms with Crippen molar-refractivity contribution >= 4 is 11.3 Å². The zero-order chi connectivity index (χ0) is 12.3. The first-order chi connectivity index (χ1) is 8.24. The molecule has 2 rings (SSSR count). The lowest BCUT2D eigenvalue weighted by molar-refractivity contribution is -0.0438. The number of likely N-dealkylation sites (N-methyl/N-ethyl adjacent to an activating group) is 2. The molecule has 2 heterocycles. The van der Waals surface area contributed by atoms with Gasteiger partial charge in [0.25, 0.3) is 0 Å². The van der Waals surface area contributed by atoms with Gasteiger partial charge in [-0.1, -0.05) is 6.92 Å². The molecule has 1 N–H and O–H groups in total. The summed E-state index contributed by atoms with van der Waals surface area (Å²) in [5, 5.41) is 3.40. The standard InChI is InChI=1S/C13H22N2OS/c1-4-15-7-8-16-11(9-15)13(14-3)12-6-5-10(2)17-12/h5-6,11,13-14H,4,7-9H2,1-3H3. The first-order valence-electron chi connectivity index (χ1n) is 6.32. The molecular weight excluding hydrogens is 232 g/mol. The lowest BCUT2D eigenvalue weighted by Gasteiger charge is -2.36. The molecule has 96 valence electrons. The minimum atomic E-state index is 0.270. The predicted octanol–water partition coefficient (Wildman–Crippen LogP) is 2.04. The van der Waals surface area contributed by atoms with Gasteiger partial charge in [-0.05, 0) is 32.6 Å². The normalized spacial score (nSPS) is 23.8. The molecule has 2 unspecified atom stereocenters. The van der Waals surface area contributed by atoms with E-state index in [-0.39, 0.29) is 6.10 Å². The topological polar surface area (TPSA) is 24.5 Å². The first kappa shape index (κ1) is 13.0. The minimum Gasteiger partial charge on any atom is -0.374 e. The number of rotatable bonds is 4. The van der Waals surface area contributed by atoms with E-state index in [2.05, 4.69) is 36.2 Å². The Balaban J connectivity index is 2.07. The van der Waals surface area contributed by atoms with Gasteiger partial charge in [-0.25, -0.2) is 0 Å². The van der Waals surface area contributed by atoms with Gasteiger partial charge in [-0.3, -0.25) is 4.90 Å². The summed E-state index contributed by atoms with van der Waals surface area (Å²) >= 11 is 1.86. The number of thiophene rings is 1. The van der Waals surface area contributed by atoms with Crippen LogP contribution in [0.1, 0.15) is 22.7 Å². The maximum absolute atomic E-state index is 5.93. The number of hydrogen-bond donors (Lipinski definition) is 1. The van der Waals surface area contributed by atoms with Crippen molar-refractivity contribution in [2.45, 2.75) is 26.0 Å². The van der Waals surface area contributed by atoms with E-state index in [0.29, 0.717) is 6.04 Å². The van der Waals surface area contributed by atoms with Gasteiger partial charge < -0.3 is 10.1 Å². The maximum atomic E-state index is 5.93. The van der Waals surface area contributed by atoms with Crippen molar-refractivity contribution in [1.82, 2.24) is 10.2 Å². The van der Waals surface area contributed by atoms with Crippen LogP contribution in [-0.2, 0) is 4.74 Å². The molecule has 0 spiro atoms. The summed E-state index contributed by atoms with van der Waals surface area (Å²) in [6.07, 6.45) is 0.270. The van der Waals surface area contributed by atoms with Gasteiger partial charge in [0.15, 0.2) is 0 Å². The Labute approximate surface area is 108 Å². The molecule has 0 aromatic carbocycles. The van der Waals surface area contributed by atoms with Gasteiger partial charge in [0.2, 0.25) is 0 Å². The van der Waals surface area contributed by atoms with Crippen molar-refractivity contribution in [3.63, 3.8) is 0 Å². The SMILES string of the molecule is CCN1CCOC(C(NC)c2ccc(C)s2)C1. The smallest absolute Gasteiger partial charge is 0.0904 e. The fourth-order valence-electron chi connectivity index (χ4n) is 2.35. The minimum absolute atomic E-state index is 0.270. The fraction of sp³-hybridized carbons (Fsp3) is 0.692. The second-order valence-electron chi connectivity index (χ2n) is 4.52. The number of hydrogen-bond acceptors (Lipinski definition) is 4. The Bertz CT molecular complexity index is 353. The average molecular weight is 254 g/mol. The maximum Gasteiger partial charge on any atom is 0.0904 e. The molecule has 1 aromatic heterocycles. The molecule has 3 nitrogen and oxygen atoms in total. The molecule has 0 bridgehead atoms. The summed E-state index contributed by atoms with van der Waals surface area (Å²) in [6, 6.07) is 4.73. The van der Waals surface area contributed by atoms with Crippen LogP contribution in [0.25, 0.3) is 0 Å². The third-order valence-corrected chi connectivity index (χ3v) is 4.46. The van der Waals surface area contributed by atoms with E-state index >= 15 is 0 Å². The number of aryl methyl sites for hydroxylation is 1. The molecule has 0 aliphatic carbocycles. The summed E-state index contributed by atoms with van der Waals surface area (Å²) in [5.74, 6) is 0. The van der Waals surface area contributed by atoms with Crippen LogP contribution in [0.5, 0.6) is 0 Å². The van der Waals surface area contributed by atoms with E-state index in [1.807, 2.05) is 18.4 Å². The van der Waals surface area contributed by atoms with E-state index < -0.39 is 0 Å². The number of morpholine rings is 1. The summed E-state index contributed by atoms with van der Waals surface area (Å²) in [7, 11) is 2.02. The van der Waals surface area contributed by atoms with E-state index in [0.717, 1.165) is 26.2 Å². The van der Waals surface area contributed by atoms with Gasteiger partial charge in [-0.15, -0.1) is 11.3 Å².